The van der Waals surface area contributed by atoms with E-state index in [4.69, 9.17) is 10.5 Å². The van der Waals surface area contributed by atoms with Crippen molar-refractivity contribution >= 4 is 34.3 Å². The second-order valence-electron chi connectivity index (χ2n) is 6.14. The first-order valence-electron chi connectivity index (χ1n) is 8.59. The van der Waals surface area contributed by atoms with Crippen LogP contribution in [0.5, 0.6) is 5.75 Å². The van der Waals surface area contributed by atoms with Crippen molar-refractivity contribution in [3.8, 4) is 5.75 Å². The summed E-state index contributed by atoms with van der Waals surface area (Å²) < 4.78 is 37.1. The van der Waals surface area contributed by atoms with Crippen LogP contribution in [0.4, 0.5) is 0 Å². The van der Waals surface area contributed by atoms with E-state index in [-0.39, 0.29) is 41.1 Å². The quantitative estimate of drug-likeness (QED) is 0.592. The molecule has 1 aromatic carbocycles. The van der Waals surface area contributed by atoms with E-state index in [9.17, 15) is 18.0 Å². The molecule has 1 aliphatic rings. The summed E-state index contributed by atoms with van der Waals surface area (Å²) in [6.45, 7) is 1.10. The number of ether oxygens (including phenoxy) is 2. The van der Waals surface area contributed by atoms with Crippen molar-refractivity contribution in [2.75, 3.05) is 40.4 Å². The van der Waals surface area contributed by atoms with Gasteiger partial charge in [-0.2, -0.15) is 4.31 Å². The van der Waals surface area contributed by atoms with Gasteiger partial charge in [0, 0.05) is 32.2 Å². The number of rotatable bonds is 7. The molecule has 1 heterocycles. The Morgan fingerprint density at radius 2 is 2.04 bits per heavy atom. The minimum Gasteiger partial charge on any atom is -0.496 e. The number of sulfonamides is 1. The van der Waals surface area contributed by atoms with E-state index in [2.05, 4.69) is 10.1 Å². The molecular weight excluding hydrogens is 410 g/mol. The fourth-order valence-electron chi connectivity index (χ4n) is 2.97. The molecule has 0 spiro atoms. The molecule has 3 N–H and O–H groups in total. The summed E-state index contributed by atoms with van der Waals surface area (Å²) in [7, 11) is -1.26. The second-order valence-corrected chi connectivity index (χ2v) is 8.07. The second kappa shape index (κ2) is 10.6. The van der Waals surface area contributed by atoms with E-state index in [0.717, 1.165) is 0 Å². The standard InChI is InChI=1S/C17H25N3O6S.ClH/c1-25-15-10-13(5-6-14(15)17(22)26-2)27(23,24)20-9-3-4-12(11-20)16(21)19-8-7-18;/h5-6,10,12H,3-4,7-9,11,18H2,1-2H3,(H,19,21);1H. The van der Waals surface area contributed by atoms with Gasteiger partial charge in [0.05, 0.1) is 25.0 Å². The zero-order valence-electron chi connectivity index (χ0n) is 15.8. The van der Waals surface area contributed by atoms with Crippen molar-refractivity contribution in [1.82, 2.24) is 9.62 Å². The van der Waals surface area contributed by atoms with Gasteiger partial charge in [-0.1, -0.05) is 0 Å². The van der Waals surface area contributed by atoms with Crippen LogP contribution in [0.2, 0.25) is 0 Å². The van der Waals surface area contributed by atoms with Gasteiger partial charge >= 0.3 is 5.97 Å². The summed E-state index contributed by atoms with van der Waals surface area (Å²) in [6, 6.07) is 3.98. The van der Waals surface area contributed by atoms with E-state index in [0.29, 0.717) is 32.5 Å². The Morgan fingerprint density at radius 1 is 1.32 bits per heavy atom. The molecule has 2 rings (SSSR count). The molecule has 0 saturated carbocycles. The number of nitrogens with one attached hydrogen (secondary N) is 1. The normalized spacial score (nSPS) is 17.3. The molecule has 1 atom stereocenters. The van der Waals surface area contributed by atoms with Gasteiger partial charge in [-0.25, -0.2) is 13.2 Å². The Bertz CT molecular complexity index is 802. The first-order valence-corrected chi connectivity index (χ1v) is 10.0. The van der Waals surface area contributed by atoms with Crippen LogP contribution >= 0.6 is 12.4 Å². The van der Waals surface area contributed by atoms with Gasteiger partial charge in [-0.05, 0) is 25.0 Å². The Balaban J connectivity index is 0.00000392. The molecule has 0 aliphatic carbocycles. The zero-order chi connectivity index (χ0) is 20.0. The zero-order valence-corrected chi connectivity index (χ0v) is 17.5. The van der Waals surface area contributed by atoms with E-state index >= 15 is 0 Å². The summed E-state index contributed by atoms with van der Waals surface area (Å²) in [4.78, 5) is 23.9. The number of nitrogens with two attached hydrogens (primary N) is 1. The van der Waals surface area contributed by atoms with Crippen molar-refractivity contribution in [2.24, 2.45) is 11.7 Å². The van der Waals surface area contributed by atoms with Gasteiger partial charge < -0.3 is 20.5 Å². The van der Waals surface area contributed by atoms with E-state index < -0.39 is 21.9 Å². The molecule has 1 fully saturated rings. The number of carbonyl (C=O) groups is 2. The molecule has 1 saturated heterocycles. The Kier molecular flexibility index (Phi) is 9.15. The molecule has 0 bridgehead atoms. The van der Waals surface area contributed by atoms with Crippen LogP contribution in [0.15, 0.2) is 23.1 Å². The number of hydrogen-bond acceptors (Lipinski definition) is 7. The van der Waals surface area contributed by atoms with Crippen molar-refractivity contribution in [2.45, 2.75) is 17.7 Å². The lowest BCUT2D eigenvalue weighted by Gasteiger charge is -2.31. The topological polar surface area (TPSA) is 128 Å². The smallest absolute Gasteiger partial charge is 0.341 e. The number of halogens is 1. The van der Waals surface area contributed by atoms with Gasteiger partial charge in [0.15, 0.2) is 0 Å². The first-order chi connectivity index (χ1) is 12.8. The van der Waals surface area contributed by atoms with Gasteiger partial charge in [-0.15, -0.1) is 12.4 Å². The van der Waals surface area contributed by atoms with Gasteiger partial charge in [0.25, 0.3) is 0 Å². The molecular formula is C17H26ClN3O6S. The molecule has 1 aliphatic heterocycles. The van der Waals surface area contributed by atoms with Crippen molar-refractivity contribution in [3.05, 3.63) is 23.8 Å². The maximum Gasteiger partial charge on any atom is 0.341 e. The maximum atomic E-state index is 13.0. The van der Waals surface area contributed by atoms with Crippen molar-refractivity contribution in [1.29, 1.82) is 0 Å². The highest BCUT2D eigenvalue weighted by atomic mass is 35.5. The summed E-state index contributed by atoms with van der Waals surface area (Å²) in [5.41, 5.74) is 5.52. The molecule has 1 amide bonds. The van der Waals surface area contributed by atoms with Crippen LogP contribution in [0.1, 0.15) is 23.2 Å². The van der Waals surface area contributed by atoms with Crippen molar-refractivity contribution in [3.63, 3.8) is 0 Å². The summed E-state index contributed by atoms with van der Waals surface area (Å²) >= 11 is 0. The van der Waals surface area contributed by atoms with Crippen LogP contribution < -0.4 is 15.8 Å². The molecule has 9 nitrogen and oxygen atoms in total. The summed E-state index contributed by atoms with van der Waals surface area (Å²) in [6.07, 6.45) is 1.20. The Morgan fingerprint density at radius 3 is 2.64 bits per heavy atom. The predicted octanol–water partition coefficient (Wildman–Crippen LogP) is 0.379. The average molecular weight is 436 g/mol. The molecule has 0 aromatic heterocycles. The highest BCUT2D eigenvalue weighted by molar-refractivity contribution is 7.89. The molecule has 1 aromatic rings. The van der Waals surface area contributed by atoms with Crippen LogP contribution in [-0.2, 0) is 19.6 Å². The van der Waals surface area contributed by atoms with Gasteiger partial charge in [0.1, 0.15) is 11.3 Å². The highest BCUT2D eigenvalue weighted by Gasteiger charge is 2.33. The molecule has 158 valence electrons. The predicted molar refractivity (Wildman–Crippen MR) is 105 cm³/mol. The fourth-order valence-corrected chi connectivity index (χ4v) is 4.51. The number of piperidine rings is 1. The number of benzene rings is 1. The number of nitrogens with zero attached hydrogens (tertiary/aromatic N) is 1. The Hall–Kier alpha value is -1.88. The van der Waals surface area contributed by atoms with Crippen LogP contribution in [0, 0.1) is 5.92 Å². The largest absolute Gasteiger partial charge is 0.496 e. The minimum atomic E-state index is -3.83. The lowest BCUT2D eigenvalue weighted by molar-refractivity contribution is -0.126. The van der Waals surface area contributed by atoms with E-state index in [1.165, 1.54) is 36.7 Å². The number of methoxy groups -OCH3 is 2. The monoisotopic (exact) mass is 435 g/mol. The lowest BCUT2D eigenvalue weighted by Crippen LogP contribution is -2.46. The number of carbonyl (C=O) groups excluding carboxylic acids is 2. The molecule has 1 unspecified atom stereocenters. The maximum absolute atomic E-state index is 13.0. The molecule has 28 heavy (non-hydrogen) atoms. The molecule has 11 heteroatoms. The van der Waals surface area contributed by atoms with Crippen LogP contribution in [0.25, 0.3) is 0 Å². The summed E-state index contributed by atoms with van der Waals surface area (Å²) in [5, 5.41) is 2.70. The SMILES string of the molecule is COC(=O)c1ccc(S(=O)(=O)N2CCCC(C(=O)NCCN)C2)cc1OC.Cl. The lowest BCUT2D eigenvalue weighted by atomic mass is 9.99. The summed E-state index contributed by atoms with van der Waals surface area (Å²) in [5.74, 6) is -1.13. The van der Waals surface area contributed by atoms with E-state index in [1.54, 1.807) is 0 Å². The first kappa shape index (κ1) is 24.2. The minimum absolute atomic E-state index is 0. The molecule has 0 radical (unpaired) electrons. The van der Waals surface area contributed by atoms with Crippen LogP contribution in [0.3, 0.4) is 0 Å². The highest BCUT2D eigenvalue weighted by Crippen LogP contribution is 2.28. The van der Waals surface area contributed by atoms with Crippen molar-refractivity contribution < 1.29 is 27.5 Å². The fraction of sp³-hybridized carbons (Fsp3) is 0.529. The van der Waals surface area contributed by atoms with Gasteiger partial charge in [0.2, 0.25) is 15.9 Å². The average Bonchev–Trinajstić information content (AvgIpc) is 2.70. The Labute approximate surface area is 171 Å². The number of esters is 1. The third kappa shape index (κ3) is 5.34. The van der Waals surface area contributed by atoms with E-state index in [1.807, 2.05) is 0 Å². The van der Waals surface area contributed by atoms with Gasteiger partial charge in [-0.3, -0.25) is 4.79 Å². The number of hydrogen-bond donors (Lipinski definition) is 2. The third-order valence-electron chi connectivity index (χ3n) is 4.41. The number of amides is 1. The third-order valence-corrected chi connectivity index (χ3v) is 6.28. The van der Waals surface area contributed by atoms with Crippen LogP contribution in [-0.4, -0.2) is 65.0 Å².